The molecule has 2 amide bonds. The minimum Gasteiger partial charge on any atom is -0.478 e. The predicted octanol–water partition coefficient (Wildman–Crippen LogP) is 5.08. The van der Waals surface area contributed by atoms with Crippen molar-refractivity contribution in [3.8, 4) is 11.4 Å². The van der Waals surface area contributed by atoms with E-state index in [0.717, 1.165) is 41.2 Å². The van der Waals surface area contributed by atoms with Gasteiger partial charge in [-0.2, -0.15) is 0 Å². The molecule has 1 atom stereocenters. The number of aliphatic carboxylic acids is 1. The fraction of sp³-hybridized carbons (Fsp3) is 0.333. The number of hydrogen-bond donors (Lipinski definition) is 4. The molecule has 1 saturated carbocycles. The van der Waals surface area contributed by atoms with Crippen molar-refractivity contribution in [2.75, 3.05) is 31.2 Å². The minimum absolute atomic E-state index is 0.295. The van der Waals surface area contributed by atoms with Crippen LogP contribution in [0.2, 0.25) is 0 Å². The van der Waals surface area contributed by atoms with Gasteiger partial charge in [-0.05, 0) is 73.7 Å². The highest BCUT2D eigenvalue weighted by Gasteiger charge is 2.45. The van der Waals surface area contributed by atoms with E-state index in [1.807, 2.05) is 42.6 Å². The highest BCUT2D eigenvalue weighted by Crippen LogP contribution is 2.45. The number of carbonyl (C=O) groups excluding carboxylic acids is 2. The predicted molar refractivity (Wildman–Crippen MR) is 174 cm³/mol. The maximum atomic E-state index is 13.8. The summed E-state index contributed by atoms with van der Waals surface area (Å²) >= 11 is 1.42. The second-order valence-electron chi connectivity index (χ2n) is 11.9. The molecule has 10 nitrogen and oxygen atoms in total. The van der Waals surface area contributed by atoms with Crippen molar-refractivity contribution in [2.45, 2.75) is 43.6 Å². The van der Waals surface area contributed by atoms with Crippen LogP contribution in [0.5, 0.6) is 0 Å². The van der Waals surface area contributed by atoms with E-state index in [1.54, 1.807) is 24.3 Å². The lowest BCUT2D eigenvalue weighted by atomic mass is 9.93. The van der Waals surface area contributed by atoms with Gasteiger partial charge < -0.3 is 30.9 Å². The molecule has 0 spiro atoms. The van der Waals surface area contributed by atoms with Crippen molar-refractivity contribution in [1.29, 1.82) is 0 Å². The first-order chi connectivity index (χ1) is 21.1. The minimum atomic E-state index is -1.12. The summed E-state index contributed by atoms with van der Waals surface area (Å²) in [5, 5.41) is 18.5. The number of nitrogens with zero attached hydrogens (tertiary/aromatic N) is 3. The largest absolute Gasteiger partial charge is 0.478 e. The first-order valence-corrected chi connectivity index (χ1v) is 15.7. The average Bonchev–Trinajstić information content (AvgIpc) is 3.80. The maximum Gasteiger partial charge on any atom is 0.328 e. The van der Waals surface area contributed by atoms with Crippen LogP contribution in [-0.4, -0.2) is 63.0 Å². The van der Waals surface area contributed by atoms with E-state index in [9.17, 15) is 14.4 Å². The Morgan fingerprint density at radius 1 is 1.11 bits per heavy atom. The highest BCUT2D eigenvalue weighted by atomic mass is 32.1. The van der Waals surface area contributed by atoms with E-state index in [0.29, 0.717) is 47.4 Å². The summed E-state index contributed by atoms with van der Waals surface area (Å²) < 4.78 is 2.12. The van der Waals surface area contributed by atoms with E-state index < -0.39 is 11.5 Å². The molecule has 0 radical (unpaired) electrons. The standard InChI is InChI=1S/C33H36N6O4S/c1-38-16-15-33(19-38,31(43)35-23-11-7-20(8-12-23)9-14-27(40)41)37-30(42)22-10-13-24-26(17-22)39(2)29(25-18-44-32(34)36-25)28(24)21-5-3-4-6-21/h7-14,17-18,21H,3-6,15-16,19H2,1-2H3,(H2,34,36)(H,35,43)(H,37,42)(H,40,41)/b14-9+/t33-/m0/s1. The van der Waals surface area contributed by atoms with Crippen LogP contribution < -0.4 is 16.4 Å². The Balaban J connectivity index is 1.28. The molecule has 5 N–H and O–H groups in total. The molecule has 2 aromatic carbocycles. The number of aryl methyl sites for hydroxylation is 1. The number of anilines is 2. The van der Waals surface area contributed by atoms with Crippen LogP contribution in [0.4, 0.5) is 10.8 Å². The summed E-state index contributed by atoms with van der Waals surface area (Å²) in [5.74, 6) is -1.21. The smallest absolute Gasteiger partial charge is 0.328 e. The molecular weight excluding hydrogens is 576 g/mol. The molecule has 44 heavy (non-hydrogen) atoms. The zero-order chi connectivity index (χ0) is 31.0. The van der Waals surface area contributed by atoms with Crippen molar-refractivity contribution in [2.24, 2.45) is 7.05 Å². The van der Waals surface area contributed by atoms with E-state index in [2.05, 4.69) is 20.2 Å². The Bertz CT molecular complexity index is 1770. The molecule has 0 unspecified atom stereocenters. The number of nitrogens with one attached hydrogen (secondary N) is 2. The third-order valence-electron chi connectivity index (χ3n) is 8.86. The molecular formula is C33H36N6O4S. The van der Waals surface area contributed by atoms with Crippen LogP contribution in [0, 0.1) is 0 Å². The zero-order valence-corrected chi connectivity index (χ0v) is 25.6. The van der Waals surface area contributed by atoms with Gasteiger partial charge in [-0.25, -0.2) is 9.78 Å². The molecule has 2 fully saturated rings. The lowest BCUT2D eigenvalue weighted by Crippen LogP contribution is -2.58. The van der Waals surface area contributed by atoms with Gasteiger partial charge in [-0.3, -0.25) is 9.59 Å². The van der Waals surface area contributed by atoms with Crippen molar-refractivity contribution in [1.82, 2.24) is 19.8 Å². The van der Waals surface area contributed by atoms with Crippen molar-refractivity contribution < 1.29 is 19.5 Å². The second kappa shape index (κ2) is 11.9. The number of nitrogens with two attached hydrogens (primary N) is 1. The molecule has 2 aromatic heterocycles. The Kier molecular flexibility index (Phi) is 8.00. The summed E-state index contributed by atoms with van der Waals surface area (Å²) in [4.78, 5) is 45.0. The molecule has 4 aromatic rings. The fourth-order valence-electron chi connectivity index (χ4n) is 6.67. The Morgan fingerprint density at radius 2 is 1.86 bits per heavy atom. The first kappa shape index (κ1) is 29.6. The summed E-state index contributed by atoms with van der Waals surface area (Å²) in [6.07, 6.45) is 7.66. The molecule has 11 heteroatoms. The second-order valence-corrected chi connectivity index (χ2v) is 12.8. The molecule has 1 aliphatic carbocycles. The normalized spacial score (nSPS) is 19.2. The van der Waals surface area contributed by atoms with Crippen LogP contribution in [0.3, 0.4) is 0 Å². The highest BCUT2D eigenvalue weighted by molar-refractivity contribution is 7.13. The van der Waals surface area contributed by atoms with E-state index in [1.165, 1.54) is 35.8 Å². The number of rotatable bonds is 8. The Hall–Kier alpha value is -4.48. The Labute approximate surface area is 259 Å². The Morgan fingerprint density at radius 3 is 2.50 bits per heavy atom. The number of carboxylic acid groups (broad SMARTS) is 1. The van der Waals surface area contributed by atoms with E-state index in [4.69, 9.17) is 10.8 Å². The van der Waals surface area contributed by atoms with Gasteiger partial charge in [-0.1, -0.05) is 31.0 Å². The number of likely N-dealkylation sites (tertiary alicyclic amines) is 1. The zero-order valence-electron chi connectivity index (χ0n) is 24.8. The van der Waals surface area contributed by atoms with Crippen LogP contribution in [0.25, 0.3) is 28.4 Å². The van der Waals surface area contributed by atoms with Gasteiger partial charge in [0.15, 0.2) is 5.13 Å². The summed E-state index contributed by atoms with van der Waals surface area (Å²) in [6.45, 7) is 1.03. The summed E-state index contributed by atoms with van der Waals surface area (Å²) in [6, 6.07) is 12.7. The topological polar surface area (TPSA) is 143 Å². The molecule has 3 heterocycles. The number of fused-ring (bicyclic) bond motifs is 1. The van der Waals surface area contributed by atoms with Gasteiger partial charge in [0.2, 0.25) is 0 Å². The number of carboxylic acids is 1. The van der Waals surface area contributed by atoms with Crippen molar-refractivity contribution in [3.63, 3.8) is 0 Å². The summed E-state index contributed by atoms with van der Waals surface area (Å²) in [5.41, 5.74) is 10.8. The van der Waals surface area contributed by atoms with Crippen LogP contribution in [-0.2, 0) is 16.6 Å². The third kappa shape index (κ3) is 5.72. The number of aromatic nitrogens is 2. The average molecular weight is 613 g/mol. The van der Waals surface area contributed by atoms with Gasteiger partial charge in [-0.15, -0.1) is 11.3 Å². The lowest BCUT2D eigenvalue weighted by Gasteiger charge is -2.29. The van der Waals surface area contributed by atoms with Gasteiger partial charge >= 0.3 is 5.97 Å². The lowest BCUT2D eigenvalue weighted by molar-refractivity contribution is -0.131. The number of amides is 2. The number of benzene rings is 2. The molecule has 1 saturated heterocycles. The number of nitrogen functional groups attached to an aromatic ring is 1. The quantitative estimate of drug-likeness (QED) is 0.203. The first-order valence-electron chi connectivity index (χ1n) is 14.8. The number of thiazole rings is 1. The number of likely N-dealkylation sites (N-methyl/N-ethyl adjacent to an activating group) is 1. The molecule has 6 rings (SSSR count). The molecule has 1 aliphatic heterocycles. The monoisotopic (exact) mass is 612 g/mol. The number of carbonyl (C=O) groups is 3. The maximum absolute atomic E-state index is 13.8. The molecule has 228 valence electrons. The summed E-state index contributed by atoms with van der Waals surface area (Å²) in [7, 11) is 3.94. The molecule has 2 aliphatic rings. The SMILES string of the molecule is CN1CC[C@@](NC(=O)c2ccc3c(C4CCCC4)c(-c4csc(N)n4)n(C)c3c2)(C(=O)Nc2ccc(/C=C/C(=O)O)cc2)C1. The fourth-order valence-corrected chi connectivity index (χ4v) is 7.22. The molecule has 0 bridgehead atoms. The van der Waals surface area contributed by atoms with Gasteiger partial charge in [0.25, 0.3) is 11.8 Å². The van der Waals surface area contributed by atoms with Crippen LogP contribution in [0.1, 0.15) is 59.5 Å². The van der Waals surface area contributed by atoms with Gasteiger partial charge in [0.05, 0.1) is 5.69 Å². The van der Waals surface area contributed by atoms with Crippen LogP contribution >= 0.6 is 11.3 Å². The van der Waals surface area contributed by atoms with Gasteiger partial charge in [0, 0.05) is 53.7 Å². The van der Waals surface area contributed by atoms with Gasteiger partial charge in [0.1, 0.15) is 11.2 Å². The van der Waals surface area contributed by atoms with Crippen molar-refractivity contribution in [3.05, 3.63) is 70.6 Å². The van der Waals surface area contributed by atoms with Crippen molar-refractivity contribution >= 4 is 56.9 Å². The number of hydrogen-bond acceptors (Lipinski definition) is 7. The van der Waals surface area contributed by atoms with Crippen LogP contribution in [0.15, 0.2) is 53.9 Å². The van der Waals surface area contributed by atoms with E-state index >= 15 is 0 Å². The third-order valence-corrected chi connectivity index (χ3v) is 9.54. The van der Waals surface area contributed by atoms with E-state index in [-0.39, 0.29) is 11.8 Å².